The van der Waals surface area contributed by atoms with Gasteiger partial charge in [0.25, 0.3) is 5.91 Å². The van der Waals surface area contributed by atoms with Crippen molar-refractivity contribution >= 4 is 17.5 Å². The number of halogens is 1. The number of hydrogen-bond acceptors (Lipinski definition) is 2. The summed E-state index contributed by atoms with van der Waals surface area (Å²) in [7, 11) is 0. The van der Waals surface area contributed by atoms with Crippen molar-refractivity contribution in [2.45, 2.75) is 57.7 Å². The van der Waals surface area contributed by atoms with Gasteiger partial charge in [-0.25, -0.2) is 0 Å². The van der Waals surface area contributed by atoms with Gasteiger partial charge in [-0.1, -0.05) is 11.6 Å². The topological polar surface area (TPSA) is 54.3 Å². The second kappa shape index (κ2) is 5.97. The minimum atomic E-state index is -0.206. The van der Waals surface area contributed by atoms with Crippen LogP contribution in [0.15, 0.2) is 12.3 Å². The van der Waals surface area contributed by atoms with Crippen LogP contribution in [-0.2, 0) is 0 Å². The minimum Gasteiger partial charge on any atom is -0.393 e. The van der Waals surface area contributed by atoms with Gasteiger partial charge in [0.05, 0.1) is 11.1 Å². The van der Waals surface area contributed by atoms with Crippen LogP contribution in [0.5, 0.6) is 0 Å². The van der Waals surface area contributed by atoms with Crippen molar-refractivity contribution in [1.82, 2.24) is 9.88 Å². The Morgan fingerprint density at radius 3 is 2.63 bits per heavy atom. The molecule has 106 valence electrons. The van der Waals surface area contributed by atoms with E-state index in [-0.39, 0.29) is 24.1 Å². The third-order valence-corrected chi connectivity index (χ3v) is 3.84. The summed E-state index contributed by atoms with van der Waals surface area (Å²) in [6.07, 6.45) is 4.77. The van der Waals surface area contributed by atoms with E-state index in [1.54, 1.807) is 12.3 Å². The third-order valence-electron chi connectivity index (χ3n) is 3.64. The van der Waals surface area contributed by atoms with Gasteiger partial charge in [-0.05, 0) is 45.6 Å². The lowest BCUT2D eigenvalue weighted by atomic mass is 9.93. The number of amides is 1. The zero-order valence-electron chi connectivity index (χ0n) is 11.4. The average Bonchev–Trinajstić information content (AvgIpc) is 2.74. The second-order valence-electron chi connectivity index (χ2n) is 5.52. The number of aromatic nitrogens is 1. The van der Waals surface area contributed by atoms with Crippen molar-refractivity contribution in [3.8, 4) is 0 Å². The predicted molar refractivity (Wildman–Crippen MR) is 75.6 cm³/mol. The molecule has 0 atom stereocenters. The number of aliphatic hydroxyl groups excluding tert-OH is 1. The van der Waals surface area contributed by atoms with Crippen LogP contribution in [0.25, 0.3) is 0 Å². The Labute approximate surface area is 118 Å². The van der Waals surface area contributed by atoms with E-state index in [0.717, 1.165) is 25.7 Å². The van der Waals surface area contributed by atoms with Crippen LogP contribution in [0.3, 0.4) is 0 Å². The maximum absolute atomic E-state index is 12.3. The van der Waals surface area contributed by atoms with Crippen molar-refractivity contribution in [1.29, 1.82) is 0 Å². The molecule has 0 spiro atoms. The number of nitrogens with one attached hydrogen (secondary N) is 1. The van der Waals surface area contributed by atoms with Gasteiger partial charge in [0.15, 0.2) is 0 Å². The number of hydrogen-bond donors (Lipinski definition) is 2. The van der Waals surface area contributed by atoms with E-state index in [1.165, 1.54) is 0 Å². The third kappa shape index (κ3) is 3.51. The summed E-state index contributed by atoms with van der Waals surface area (Å²) in [5, 5.41) is 13.1. The lowest BCUT2D eigenvalue weighted by Gasteiger charge is -2.26. The van der Waals surface area contributed by atoms with E-state index in [0.29, 0.717) is 10.7 Å². The Kier molecular flexibility index (Phi) is 4.53. The molecule has 5 heteroatoms. The van der Waals surface area contributed by atoms with E-state index < -0.39 is 0 Å². The van der Waals surface area contributed by atoms with Crippen LogP contribution in [0.4, 0.5) is 0 Å². The van der Waals surface area contributed by atoms with Gasteiger partial charge in [0.1, 0.15) is 5.69 Å². The summed E-state index contributed by atoms with van der Waals surface area (Å²) in [5.41, 5.74) is 0.603. The van der Waals surface area contributed by atoms with Gasteiger partial charge < -0.3 is 15.0 Å². The van der Waals surface area contributed by atoms with Crippen molar-refractivity contribution in [2.24, 2.45) is 0 Å². The Hall–Kier alpha value is -1.00. The Morgan fingerprint density at radius 2 is 2.05 bits per heavy atom. The molecule has 19 heavy (non-hydrogen) atoms. The van der Waals surface area contributed by atoms with Crippen LogP contribution < -0.4 is 5.32 Å². The molecule has 1 heterocycles. The first-order valence-corrected chi connectivity index (χ1v) is 7.21. The van der Waals surface area contributed by atoms with E-state index in [9.17, 15) is 9.90 Å². The molecule has 2 rings (SSSR count). The SMILES string of the molecule is CC(C)n1cc(Cl)cc1C(=O)NC1CCC(O)CC1. The molecule has 0 saturated heterocycles. The molecule has 1 aromatic heterocycles. The number of aliphatic hydroxyl groups is 1. The fourth-order valence-corrected chi connectivity index (χ4v) is 2.74. The minimum absolute atomic E-state index is 0.0815. The van der Waals surface area contributed by atoms with Crippen molar-refractivity contribution < 1.29 is 9.90 Å². The fraction of sp³-hybridized carbons (Fsp3) is 0.643. The van der Waals surface area contributed by atoms with Crippen molar-refractivity contribution in [3.63, 3.8) is 0 Å². The quantitative estimate of drug-likeness (QED) is 0.897. The van der Waals surface area contributed by atoms with Gasteiger partial charge >= 0.3 is 0 Å². The fourth-order valence-electron chi connectivity index (χ4n) is 2.53. The first-order chi connectivity index (χ1) is 8.97. The Balaban J connectivity index is 2.03. The summed E-state index contributed by atoms with van der Waals surface area (Å²) < 4.78 is 1.88. The molecule has 1 saturated carbocycles. The summed E-state index contributed by atoms with van der Waals surface area (Å²) in [6, 6.07) is 2.06. The summed E-state index contributed by atoms with van der Waals surface area (Å²) in [6.45, 7) is 4.04. The molecular formula is C14H21ClN2O2. The van der Waals surface area contributed by atoms with Crippen molar-refractivity contribution in [2.75, 3.05) is 0 Å². The largest absolute Gasteiger partial charge is 0.393 e. The average molecular weight is 285 g/mol. The van der Waals surface area contributed by atoms with Gasteiger partial charge in [0.2, 0.25) is 0 Å². The monoisotopic (exact) mass is 284 g/mol. The van der Waals surface area contributed by atoms with Gasteiger partial charge in [0, 0.05) is 18.3 Å². The molecule has 1 aliphatic carbocycles. The van der Waals surface area contributed by atoms with Crippen LogP contribution in [0.2, 0.25) is 5.02 Å². The number of carbonyl (C=O) groups excluding carboxylic acids is 1. The van der Waals surface area contributed by atoms with Crippen LogP contribution in [0, 0.1) is 0 Å². The lowest BCUT2D eigenvalue weighted by molar-refractivity contribution is 0.0858. The number of rotatable bonds is 3. The van der Waals surface area contributed by atoms with Gasteiger partial charge in [-0.2, -0.15) is 0 Å². The standard InChI is InChI=1S/C14H21ClN2O2/c1-9(2)17-8-10(15)7-13(17)14(19)16-11-3-5-12(18)6-4-11/h7-9,11-12,18H,3-6H2,1-2H3,(H,16,19). The van der Waals surface area contributed by atoms with Crippen LogP contribution in [0.1, 0.15) is 56.1 Å². The normalized spacial score (nSPS) is 23.6. The molecule has 1 amide bonds. The smallest absolute Gasteiger partial charge is 0.268 e. The van der Waals surface area contributed by atoms with Crippen LogP contribution in [-0.4, -0.2) is 27.7 Å². The highest BCUT2D eigenvalue weighted by molar-refractivity contribution is 6.31. The zero-order valence-corrected chi connectivity index (χ0v) is 12.2. The van der Waals surface area contributed by atoms with Gasteiger partial charge in [-0.3, -0.25) is 4.79 Å². The highest BCUT2D eigenvalue weighted by Crippen LogP contribution is 2.21. The molecule has 0 aliphatic heterocycles. The molecule has 2 N–H and O–H groups in total. The molecule has 1 aromatic rings. The molecule has 0 unspecified atom stereocenters. The maximum atomic E-state index is 12.3. The van der Waals surface area contributed by atoms with Crippen molar-refractivity contribution in [3.05, 3.63) is 23.0 Å². The highest BCUT2D eigenvalue weighted by atomic mass is 35.5. The Morgan fingerprint density at radius 1 is 1.42 bits per heavy atom. The second-order valence-corrected chi connectivity index (χ2v) is 5.96. The van der Waals surface area contributed by atoms with E-state index in [1.807, 2.05) is 18.4 Å². The summed E-state index contributed by atoms with van der Waals surface area (Å²) in [4.78, 5) is 12.3. The molecule has 0 bridgehead atoms. The highest BCUT2D eigenvalue weighted by Gasteiger charge is 2.23. The summed E-state index contributed by atoms with van der Waals surface area (Å²) >= 11 is 5.98. The molecule has 0 aromatic carbocycles. The number of carbonyl (C=O) groups is 1. The molecule has 1 aliphatic rings. The van der Waals surface area contributed by atoms with E-state index in [2.05, 4.69) is 5.32 Å². The first kappa shape index (κ1) is 14.4. The van der Waals surface area contributed by atoms with Crippen LogP contribution >= 0.6 is 11.6 Å². The van der Waals surface area contributed by atoms with E-state index in [4.69, 9.17) is 11.6 Å². The molecule has 0 radical (unpaired) electrons. The summed E-state index contributed by atoms with van der Waals surface area (Å²) in [5.74, 6) is -0.0815. The zero-order chi connectivity index (χ0) is 14.0. The molecular weight excluding hydrogens is 264 g/mol. The number of nitrogens with zero attached hydrogens (tertiary/aromatic N) is 1. The maximum Gasteiger partial charge on any atom is 0.268 e. The predicted octanol–water partition coefficient (Wildman–Crippen LogP) is 2.76. The van der Waals surface area contributed by atoms with E-state index >= 15 is 0 Å². The lowest BCUT2D eigenvalue weighted by Crippen LogP contribution is -2.39. The Bertz CT molecular complexity index is 448. The van der Waals surface area contributed by atoms with Gasteiger partial charge in [-0.15, -0.1) is 0 Å². The first-order valence-electron chi connectivity index (χ1n) is 6.83. The molecule has 1 fully saturated rings. The molecule has 4 nitrogen and oxygen atoms in total.